The highest BCUT2D eigenvalue weighted by Crippen LogP contribution is 2.54. The van der Waals surface area contributed by atoms with Crippen LogP contribution in [0.15, 0.2) is 443 Å². The van der Waals surface area contributed by atoms with Crippen molar-refractivity contribution in [2.75, 3.05) is 0 Å². The molecule has 0 saturated heterocycles. The summed E-state index contributed by atoms with van der Waals surface area (Å²) >= 11 is 0. The summed E-state index contributed by atoms with van der Waals surface area (Å²) in [5, 5.41) is 24.3. The summed E-state index contributed by atoms with van der Waals surface area (Å²) in [6.45, 7) is 4.66. The minimum Gasteiger partial charge on any atom is -0.309 e. The zero-order valence-corrected chi connectivity index (χ0v) is 73.2. The van der Waals surface area contributed by atoms with Crippen LogP contribution >= 0.6 is 0 Å². The van der Waals surface area contributed by atoms with Gasteiger partial charge in [0.25, 0.3) is 0 Å². The monoisotopic (exact) mass is 1710 g/mol. The Morgan fingerprint density at radius 1 is 0.194 bits per heavy atom. The summed E-state index contributed by atoms with van der Waals surface area (Å²) in [7, 11) is 0. The molecular weight excluding hydrogens is 1630 g/mol. The Kier molecular flexibility index (Phi) is 16.4. The van der Waals surface area contributed by atoms with Crippen molar-refractivity contribution in [2.24, 2.45) is 0 Å². The maximum atomic E-state index is 5.47. The number of benzene rings is 21. The molecule has 0 radical (unpaired) electrons. The van der Waals surface area contributed by atoms with Crippen LogP contribution in [0.5, 0.6) is 0 Å². The summed E-state index contributed by atoms with van der Waals surface area (Å²) in [4.78, 5) is 21.3. The van der Waals surface area contributed by atoms with E-state index >= 15 is 0 Å². The predicted molar refractivity (Wildman–Crippen MR) is 560 cm³/mol. The van der Waals surface area contributed by atoms with Gasteiger partial charge < -0.3 is 22.8 Å². The van der Waals surface area contributed by atoms with Crippen LogP contribution in [-0.4, -0.2) is 42.8 Å². The Labute approximate surface area is 769 Å². The standard InChI is InChI=1S/C64H39N5.C61H40N4/c1-2-18-43(19-3-1)67-55-28-12-8-23-48(55)62-50(25-15-31-58(62)67)63-47-22-6-10-26-53(47)65-64(66-63)41-32-35-44(36-33-41)68-54-27-11-7-21-46(54)52-38-42-17-14-30-57(51(42)39-60(52)68)69-56-29-13-9-24-49(56)61-45-20-5-4-16-40(45)34-37-59(61)69;1-61(2)49-23-9-5-19-43(49)57-46(22-14-24-50(57)61)59-44-20-6-10-25-51(44)62-60(63-59)38-29-32-40(33-30-38)64-52-26-11-7-18-42(52)48-35-39-16-13-28-54(47(39)36-56(48)64)65-53-27-12-8-21-45(53)58-41-17-4-3-15-37(41)31-34-55(58)65/h1-39H;3-36H,1-2H3. The van der Waals surface area contributed by atoms with Crippen molar-refractivity contribution in [1.82, 2.24) is 42.8 Å². The summed E-state index contributed by atoms with van der Waals surface area (Å²) < 4.78 is 12.1. The lowest BCUT2D eigenvalue weighted by Crippen LogP contribution is -2.14. The second-order valence-corrected chi connectivity index (χ2v) is 36.2. The third-order valence-electron chi connectivity index (χ3n) is 28.7. The average Bonchev–Trinajstić information content (AvgIpc) is 1.56. The van der Waals surface area contributed by atoms with Crippen LogP contribution in [0.4, 0.5) is 0 Å². The number of hydrogen-bond acceptors (Lipinski definition) is 4. The molecule has 0 aliphatic heterocycles. The summed E-state index contributed by atoms with van der Waals surface area (Å²) in [5.74, 6) is 1.40. The lowest BCUT2D eigenvalue weighted by Gasteiger charge is -2.21. The topological polar surface area (TPSA) is 76.2 Å². The van der Waals surface area contributed by atoms with E-state index in [0.29, 0.717) is 11.6 Å². The lowest BCUT2D eigenvalue weighted by atomic mass is 9.82. The minimum absolute atomic E-state index is 0.107. The minimum atomic E-state index is -0.107. The van der Waals surface area contributed by atoms with Crippen LogP contribution in [-0.2, 0) is 5.41 Å². The van der Waals surface area contributed by atoms with Gasteiger partial charge in [0.05, 0.1) is 89.0 Å². The molecule has 9 nitrogen and oxygen atoms in total. The second kappa shape index (κ2) is 29.2. The summed E-state index contributed by atoms with van der Waals surface area (Å²) in [6.07, 6.45) is 0. The zero-order chi connectivity index (χ0) is 88.1. The Morgan fingerprint density at radius 3 is 1.07 bits per heavy atom. The average molecular weight is 1710 g/mol. The molecule has 0 N–H and O–H groups in total. The van der Waals surface area contributed by atoms with Crippen molar-refractivity contribution in [2.45, 2.75) is 19.3 Å². The third kappa shape index (κ3) is 11.2. The summed E-state index contributed by atoms with van der Waals surface area (Å²) in [5.41, 5.74) is 30.4. The van der Waals surface area contributed by atoms with Crippen molar-refractivity contribution in [1.29, 1.82) is 0 Å². The van der Waals surface area contributed by atoms with Crippen molar-refractivity contribution in [3.05, 3.63) is 454 Å². The molecule has 7 heterocycles. The van der Waals surface area contributed by atoms with Gasteiger partial charge in [-0.25, -0.2) is 19.9 Å². The Morgan fingerprint density at radius 2 is 0.545 bits per heavy atom. The molecule has 1 aliphatic carbocycles. The van der Waals surface area contributed by atoms with E-state index in [1.54, 1.807) is 0 Å². The fourth-order valence-corrected chi connectivity index (χ4v) is 22.8. The van der Waals surface area contributed by atoms with Gasteiger partial charge in [0.15, 0.2) is 11.6 Å². The van der Waals surface area contributed by atoms with E-state index in [1.807, 2.05) is 0 Å². The molecule has 134 heavy (non-hydrogen) atoms. The number of fused-ring (bicyclic) bond motifs is 26. The third-order valence-corrected chi connectivity index (χ3v) is 28.7. The molecule has 0 unspecified atom stereocenters. The molecule has 7 aromatic heterocycles. The lowest BCUT2D eigenvalue weighted by molar-refractivity contribution is 0.660. The van der Waals surface area contributed by atoms with Crippen LogP contribution in [0.1, 0.15) is 25.0 Å². The Balaban J connectivity index is 0.000000134. The molecular formula is C125H79N9. The molecule has 0 bridgehead atoms. The van der Waals surface area contributed by atoms with E-state index < -0.39 is 0 Å². The molecule has 0 spiro atoms. The van der Waals surface area contributed by atoms with Crippen LogP contribution < -0.4 is 0 Å². The van der Waals surface area contributed by atoms with Crippen LogP contribution in [0.2, 0.25) is 0 Å². The van der Waals surface area contributed by atoms with Gasteiger partial charge in [0.1, 0.15) is 0 Å². The molecule has 9 heteroatoms. The number of aromatic nitrogens is 9. The normalized spacial score (nSPS) is 12.6. The molecule has 21 aromatic carbocycles. The van der Waals surface area contributed by atoms with Gasteiger partial charge in [-0.3, -0.25) is 0 Å². The van der Waals surface area contributed by atoms with Crippen molar-refractivity contribution >= 4 is 174 Å². The first kappa shape index (κ1) is 75.3. The fraction of sp³-hybridized carbons (Fsp3) is 0.0240. The second-order valence-electron chi connectivity index (χ2n) is 36.2. The molecule has 0 fully saturated rings. The first-order valence-electron chi connectivity index (χ1n) is 46.1. The maximum absolute atomic E-state index is 5.47. The number of para-hydroxylation sites is 8. The number of rotatable bonds is 9. The van der Waals surface area contributed by atoms with Gasteiger partial charge in [-0.2, -0.15) is 0 Å². The highest BCUT2D eigenvalue weighted by Gasteiger charge is 2.38. The van der Waals surface area contributed by atoms with E-state index in [4.69, 9.17) is 19.9 Å². The van der Waals surface area contributed by atoms with E-state index in [1.165, 1.54) is 152 Å². The molecule has 0 atom stereocenters. The van der Waals surface area contributed by atoms with E-state index in [2.05, 4.69) is 480 Å². The van der Waals surface area contributed by atoms with Crippen LogP contribution in [0, 0.1) is 0 Å². The Bertz CT molecular complexity index is 9870. The molecule has 1 aliphatic rings. The van der Waals surface area contributed by atoms with Gasteiger partial charge in [-0.05, 0) is 212 Å². The zero-order valence-electron chi connectivity index (χ0n) is 73.2. The number of hydrogen-bond donors (Lipinski definition) is 0. The molecule has 29 rings (SSSR count). The first-order valence-corrected chi connectivity index (χ1v) is 46.1. The van der Waals surface area contributed by atoms with Gasteiger partial charge in [-0.15, -0.1) is 0 Å². The highest BCUT2D eigenvalue weighted by atomic mass is 15.0. The molecule has 0 saturated carbocycles. The van der Waals surface area contributed by atoms with E-state index in [9.17, 15) is 0 Å². The quantitative estimate of drug-likeness (QED) is 0.144. The first-order chi connectivity index (χ1) is 66.3. The highest BCUT2D eigenvalue weighted by molar-refractivity contribution is 6.25. The van der Waals surface area contributed by atoms with Crippen LogP contribution in [0.3, 0.4) is 0 Å². The van der Waals surface area contributed by atoms with Gasteiger partial charge >= 0.3 is 0 Å². The van der Waals surface area contributed by atoms with Crippen molar-refractivity contribution < 1.29 is 0 Å². The van der Waals surface area contributed by atoms with E-state index in [0.717, 1.165) is 106 Å². The Hall–Kier alpha value is -17.7. The fourth-order valence-electron chi connectivity index (χ4n) is 22.8. The maximum Gasteiger partial charge on any atom is 0.160 e. The van der Waals surface area contributed by atoms with Gasteiger partial charge in [0.2, 0.25) is 0 Å². The number of nitrogens with zero attached hydrogens (tertiary/aromatic N) is 9. The molecule has 0 amide bonds. The summed E-state index contributed by atoms with van der Waals surface area (Å²) in [6, 6.07) is 161. The smallest absolute Gasteiger partial charge is 0.160 e. The van der Waals surface area contributed by atoms with Crippen LogP contribution in [0.25, 0.3) is 259 Å². The molecule has 624 valence electrons. The predicted octanol–water partition coefficient (Wildman–Crippen LogP) is 32.3. The van der Waals surface area contributed by atoms with Crippen molar-refractivity contribution in [3.63, 3.8) is 0 Å². The SMILES string of the molecule is CC1(C)c2ccccc2-c2c(-c3nc(-c4ccc(-n5c6ccccc6c6cc7cccc(-n8c9ccccc9c9c%10ccccc%10ccc98)c7cc65)cc4)nc4ccccc34)cccc21.c1ccc(-n2c3ccccc3c3c(-c4nc(-c5ccc(-n6c7ccccc7c7cc8cccc(-n9c%10ccccc%10c%10c%11ccccc%11ccc%109)c8cc76)cc5)nc5ccccc45)cccc32)cc1. The largest absolute Gasteiger partial charge is 0.309 e. The van der Waals surface area contributed by atoms with Gasteiger partial charge in [0, 0.05) is 120 Å². The van der Waals surface area contributed by atoms with Gasteiger partial charge in [-0.1, -0.05) is 299 Å². The van der Waals surface area contributed by atoms with Crippen molar-refractivity contribution in [3.8, 4) is 84.9 Å². The molecule has 28 aromatic rings. The van der Waals surface area contributed by atoms with E-state index in [-0.39, 0.29) is 5.41 Å².